The van der Waals surface area contributed by atoms with Crippen LogP contribution in [0.2, 0.25) is 5.02 Å². The number of rotatable bonds is 7. The molecule has 1 fully saturated rings. The van der Waals surface area contributed by atoms with E-state index < -0.39 is 10.8 Å². The van der Waals surface area contributed by atoms with Crippen LogP contribution in [0.15, 0.2) is 23.2 Å². The van der Waals surface area contributed by atoms with Gasteiger partial charge < -0.3 is 20.3 Å². The summed E-state index contributed by atoms with van der Waals surface area (Å²) in [7, 11) is 0.781. The molecule has 0 saturated carbocycles. The Morgan fingerprint density at radius 1 is 1.43 bits per heavy atom. The molecule has 0 amide bonds. The van der Waals surface area contributed by atoms with Crippen molar-refractivity contribution < 1.29 is 8.95 Å². The fourth-order valence-electron chi connectivity index (χ4n) is 3.07. The average Bonchev–Trinajstić information content (AvgIpc) is 3.09. The van der Waals surface area contributed by atoms with E-state index in [0.29, 0.717) is 17.3 Å². The van der Waals surface area contributed by atoms with E-state index in [1.54, 1.807) is 7.11 Å². The van der Waals surface area contributed by atoms with Gasteiger partial charge in [0.15, 0.2) is 5.96 Å². The number of anilines is 1. The quantitative estimate of drug-likeness (QED) is 0.516. The van der Waals surface area contributed by atoms with Gasteiger partial charge in [0, 0.05) is 52.0 Å². The molecule has 2 N–H and O–H groups in total. The SMILES string of the molecule is CCNC(=NCCS(=O)C(C)(C)C)NC1CCN(c2cc(Cl)ccc2OC)C1. The highest BCUT2D eigenvalue weighted by Gasteiger charge is 2.25. The van der Waals surface area contributed by atoms with Crippen molar-refractivity contribution in [3.8, 4) is 5.75 Å². The molecule has 0 bridgehead atoms. The van der Waals surface area contributed by atoms with Gasteiger partial charge in [-0.1, -0.05) is 11.6 Å². The molecular formula is C20H33ClN4O2S. The van der Waals surface area contributed by atoms with Gasteiger partial charge in [-0.15, -0.1) is 0 Å². The van der Waals surface area contributed by atoms with Crippen LogP contribution in [0.4, 0.5) is 5.69 Å². The third-order valence-electron chi connectivity index (χ3n) is 4.58. The van der Waals surface area contributed by atoms with Gasteiger partial charge in [-0.2, -0.15) is 0 Å². The number of hydrogen-bond donors (Lipinski definition) is 2. The molecule has 1 aromatic carbocycles. The normalized spacial score (nSPS) is 18.9. The van der Waals surface area contributed by atoms with E-state index >= 15 is 0 Å². The Hall–Kier alpha value is -1.47. The number of nitrogens with zero attached hydrogens (tertiary/aromatic N) is 2. The zero-order valence-electron chi connectivity index (χ0n) is 17.5. The molecule has 1 aliphatic rings. The van der Waals surface area contributed by atoms with Gasteiger partial charge in [-0.3, -0.25) is 9.20 Å². The highest BCUT2D eigenvalue weighted by atomic mass is 35.5. The molecule has 2 rings (SSSR count). The summed E-state index contributed by atoms with van der Waals surface area (Å²) < 4.78 is 17.5. The van der Waals surface area contributed by atoms with Crippen molar-refractivity contribution in [1.82, 2.24) is 10.6 Å². The second-order valence-corrected chi connectivity index (χ2v) is 10.6. The molecular weight excluding hydrogens is 396 g/mol. The second kappa shape index (κ2) is 10.3. The molecule has 8 heteroatoms. The van der Waals surface area contributed by atoms with Crippen LogP contribution in [0.1, 0.15) is 34.1 Å². The maximum atomic E-state index is 12.2. The zero-order valence-corrected chi connectivity index (χ0v) is 19.1. The first-order valence-corrected chi connectivity index (χ1v) is 11.5. The third-order valence-corrected chi connectivity index (χ3v) is 6.74. The first kappa shape index (κ1) is 22.8. The Morgan fingerprint density at radius 3 is 2.82 bits per heavy atom. The topological polar surface area (TPSA) is 66.0 Å². The van der Waals surface area contributed by atoms with E-state index in [4.69, 9.17) is 16.3 Å². The van der Waals surface area contributed by atoms with Crippen molar-refractivity contribution in [2.75, 3.05) is 43.9 Å². The number of guanidine groups is 1. The number of benzene rings is 1. The second-order valence-electron chi connectivity index (χ2n) is 7.81. The summed E-state index contributed by atoms with van der Waals surface area (Å²) in [6, 6.07) is 5.96. The highest BCUT2D eigenvalue weighted by molar-refractivity contribution is 7.86. The summed E-state index contributed by atoms with van der Waals surface area (Å²) in [6.07, 6.45) is 0.994. The number of halogens is 1. The van der Waals surface area contributed by atoms with Crippen molar-refractivity contribution in [3.63, 3.8) is 0 Å². The number of nitrogens with one attached hydrogen (secondary N) is 2. The molecule has 0 spiro atoms. The molecule has 28 heavy (non-hydrogen) atoms. The van der Waals surface area contributed by atoms with Crippen molar-refractivity contribution in [2.45, 2.75) is 44.9 Å². The Morgan fingerprint density at radius 2 is 2.18 bits per heavy atom. The van der Waals surface area contributed by atoms with Gasteiger partial charge in [0.05, 0.1) is 19.3 Å². The molecule has 1 saturated heterocycles. The summed E-state index contributed by atoms with van der Waals surface area (Å²) >= 11 is 6.18. The Labute approximate surface area is 176 Å². The van der Waals surface area contributed by atoms with E-state index in [2.05, 4.69) is 20.5 Å². The van der Waals surface area contributed by atoms with E-state index in [9.17, 15) is 4.21 Å². The first-order chi connectivity index (χ1) is 13.2. The summed E-state index contributed by atoms with van der Waals surface area (Å²) in [5.41, 5.74) is 1.02. The van der Waals surface area contributed by atoms with Crippen molar-refractivity contribution in [1.29, 1.82) is 0 Å². The van der Waals surface area contributed by atoms with Gasteiger partial charge in [0.25, 0.3) is 0 Å². The van der Waals surface area contributed by atoms with E-state index in [-0.39, 0.29) is 10.8 Å². The fraction of sp³-hybridized carbons (Fsp3) is 0.650. The van der Waals surface area contributed by atoms with Gasteiger partial charge in [-0.25, -0.2) is 0 Å². The molecule has 1 aromatic rings. The minimum absolute atomic E-state index is 0.205. The Bertz CT molecular complexity index is 706. The van der Waals surface area contributed by atoms with E-state index in [0.717, 1.165) is 43.5 Å². The minimum atomic E-state index is -0.896. The molecule has 0 aromatic heterocycles. The van der Waals surface area contributed by atoms with Gasteiger partial charge in [-0.05, 0) is 52.3 Å². The van der Waals surface area contributed by atoms with Crippen LogP contribution in [-0.2, 0) is 10.8 Å². The summed E-state index contributed by atoms with van der Waals surface area (Å²) in [6.45, 7) is 11.1. The van der Waals surface area contributed by atoms with E-state index in [1.165, 1.54) is 0 Å². The van der Waals surface area contributed by atoms with Crippen molar-refractivity contribution in [3.05, 3.63) is 23.2 Å². The molecule has 2 atom stereocenters. The lowest BCUT2D eigenvalue weighted by Crippen LogP contribution is -2.45. The van der Waals surface area contributed by atoms with Crippen LogP contribution in [0, 0.1) is 0 Å². The minimum Gasteiger partial charge on any atom is -0.495 e. The monoisotopic (exact) mass is 428 g/mol. The molecule has 0 aliphatic carbocycles. The van der Waals surface area contributed by atoms with Gasteiger partial charge in [0.2, 0.25) is 0 Å². The third kappa shape index (κ3) is 6.55. The first-order valence-electron chi connectivity index (χ1n) is 9.76. The van der Waals surface area contributed by atoms with Gasteiger partial charge >= 0.3 is 0 Å². The summed E-state index contributed by atoms with van der Waals surface area (Å²) in [4.78, 5) is 6.89. The predicted molar refractivity (Wildman–Crippen MR) is 120 cm³/mol. The molecule has 2 unspecified atom stereocenters. The van der Waals surface area contributed by atoms with Crippen LogP contribution in [0.5, 0.6) is 5.75 Å². The van der Waals surface area contributed by atoms with Crippen LogP contribution in [0.25, 0.3) is 0 Å². The van der Waals surface area contributed by atoms with Gasteiger partial charge in [0.1, 0.15) is 5.75 Å². The average molecular weight is 429 g/mol. The molecule has 1 aliphatic heterocycles. The Balaban J connectivity index is 1.97. The highest BCUT2D eigenvalue weighted by Crippen LogP contribution is 2.33. The zero-order chi connectivity index (χ0) is 20.7. The number of aliphatic imine (C=N–C) groups is 1. The predicted octanol–water partition coefficient (Wildman–Crippen LogP) is 3.03. The van der Waals surface area contributed by atoms with Crippen LogP contribution in [0.3, 0.4) is 0 Å². The largest absolute Gasteiger partial charge is 0.495 e. The standard InChI is InChI=1S/C20H33ClN4O2S/c1-6-22-19(23-10-12-28(26)20(2,3)4)24-16-9-11-25(14-16)17-13-15(21)7-8-18(17)27-5/h7-8,13,16H,6,9-12,14H2,1-5H3,(H2,22,23,24). The maximum absolute atomic E-state index is 12.2. The Kier molecular flexibility index (Phi) is 8.43. The summed E-state index contributed by atoms with van der Waals surface area (Å²) in [5.74, 6) is 2.17. The smallest absolute Gasteiger partial charge is 0.191 e. The van der Waals surface area contributed by atoms with Crippen LogP contribution in [-0.4, -0.2) is 60.0 Å². The maximum Gasteiger partial charge on any atom is 0.191 e. The number of ether oxygens (including phenoxy) is 1. The molecule has 0 radical (unpaired) electrons. The fourth-order valence-corrected chi connectivity index (χ4v) is 4.10. The summed E-state index contributed by atoms with van der Waals surface area (Å²) in [5, 5.41) is 7.49. The lowest BCUT2D eigenvalue weighted by atomic mass is 10.2. The lowest BCUT2D eigenvalue weighted by molar-refractivity contribution is 0.415. The van der Waals surface area contributed by atoms with E-state index in [1.807, 2.05) is 45.9 Å². The molecule has 1 heterocycles. The van der Waals surface area contributed by atoms with Crippen molar-refractivity contribution >= 4 is 34.0 Å². The van der Waals surface area contributed by atoms with Crippen LogP contribution < -0.4 is 20.3 Å². The van der Waals surface area contributed by atoms with Crippen LogP contribution >= 0.6 is 11.6 Å². The lowest BCUT2D eigenvalue weighted by Gasteiger charge is -2.22. The number of methoxy groups -OCH3 is 1. The molecule has 6 nitrogen and oxygen atoms in total. The number of hydrogen-bond acceptors (Lipinski definition) is 4. The molecule has 158 valence electrons. The van der Waals surface area contributed by atoms with Crippen molar-refractivity contribution in [2.24, 2.45) is 4.99 Å².